The van der Waals surface area contributed by atoms with Gasteiger partial charge in [0, 0.05) is 19.2 Å². The van der Waals surface area contributed by atoms with Gasteiger partial charge in [0.1, 0.15) is 0 Å². The van der Waals surface area contributed by atoms with Gasteiger partial charge in [-0.1, -0.05) is 47.5 Å². The smallest absolute Gasteiger partial charge is 0.216 e. The van der Waals surface area contributed by atoms with Crippen molar-refractivity contribution in [1.29, 1.82) is 0 Å². The number of halogens is 2. The molecule has 1 N–H and O–H groups in total. The number of rotatable bonds is 5. The van der Waals surface area contributed by atoms with E-state index >= 15 is 0 Å². The van der Waals surface area contributed by atoms with Crippen molar-refractivity contribution in [1.82, 2.24) is 0 Å². The van der Waals surface area contributed by atoms with E-state index < -0.39 is 10.8 Å². The second kappa shape index (κ2) is 7.77. The second-order valence-corrected chi connectivity index (χ2v) is 7.11. The second-order valence-electron chi connectivity index (χ2n) is 4.74. The fourth-order valence-electron chi connectivity index (χ4n) is 1.91. The molecule has 0 fully saturated rings. The lowest BCUT2D eigenvalue weighted by molar-refractivity contribution is -0.109. The third-order valence-corrected chi connectivity index (χ3v) is 5.05. The molecule has 0 aliphatic heterocycles. The molecule has 0 saturated heterocycles. The molecular weight excluding hydrogens is 341 g/mol. The summed E-state index contributed by atoms with van der Waals surface area (Å²) in [5, 5.41) is 3.98. The number of benzene rings is 2. The van der Waals surface area contributed by atoms with E-state index in [-0.39, 0.29) is 10.9 Å². The standard InChI is InChI=1S/C16H15Cl2NO2S/c1-11(20)22(21)10-13-4-2-3-5-16(13)19-9-12-6-7-14(17)15(18)8-12/h2-8,19H,9-10H2,1H3. The first-order chi connectivity index (χ1) is 10.5. The van der Waals surface area contributed by atoms with Gasteiger partial charge in [-0.05, 0) is 29.3 Å². The molecule has 3 nitrogen and oxygen atoms in total. The zero-order valence-corrected chi connectivity index (χ0v) is 14.3. The lowest BCUT2D eigenvalue weighted by Crippen LogP contribution is -2.08. The molecule has 0 aliphatic carbocycles. The van der Waals surface area contributed by atoms with Crippen LogP contribution in [0.1, 0.15) is 18.1 Å². The maximum atomic E-state index is 11.7. The van der Waals surface area contributed by atoms with E-state index in [0.717, 1.165) is 16.8 Å². The highest BCUT2D eigenvalue weighted by molar-refractivity contribution is 7.99. The van der Waals surface area contributed by atoms with E-state index in [2.05, 4.69) is 5.32 Å². The Balaban J connectivity index is 2.11. The van der Waals surface area contributed by atoms with Crippen LogP contribution >= 0.6 is 23.2 Å². The summed E-state index contributed by atoms with van der Waals surface area (Å²) in [6.45, 7) is 1.89. The number of para-hydroxylation sites is 1. The maximum absolute atomic E-state index is 11.7. The monoisotopic (exact) mass is 355 g/mol. The summed E-state index contributed by atoms with van der Waals surface area (Å²) in [5.74, 6) is 0.208. The molecule has 2 aromatic carbocycles. The number of hydrogen-bond donors (Lipinski definition) is 1. The highest BCUT2D eigenvalue weighted by Crippen LogP contribution is 2.24. The molecule has 6 heteroatoms. The zero-order valence-electron chi connectivity index (χ0n) is 11.9. The lowest BCUT2D eigenvalue weighted by Gasteiger charge is -2.12. The normalized spacial score (nSPS) is 12.0. The van der Waals surface area contributed by atoms with E-state index in [1.165, 1.54) is 6.92 Å². The van der Waals surface area contributed by atoms with Crippen LogP contribution in [-0.2, 0) is 27.9 Å². The number of nitrogens with one attached hydrogen (secondary N) is 1. The Morgan fingerprint density at radius 1 is 1.14 bits per heavy atom. The highest BCUT2D eigenvalue weighted by Gasteiger charge is 2.10. The molecule has 0 aliphatic rings. The molecule has 0 amide bonds. The Bertz CT molecular complexity index is 719. The molecule has 0 spiro atoms. The summed E-state index contributed by atoms with van der Waals surface area (Å²) < 4.78 is 11.7. The van der Waals surface area contributed by atoms with Crippen LogP contribution in [-0.4, -0.2) is 9.32 Å². The topological polar surface area (TPSA) is 46.2 Å². The summed E-state index contributed by atoms with van der Waals surface area (Å²) in [4.78, 5) is 11.2. The number of hydrogen-bond acceptors (Lipinski definition) is 3. The van der Waals surface area contributed by atoms with Crippen molar-refractivity contribution >= 4 is 44.8 Å². The third kappa shape index (κ3) is 4.57. The van der Waals surface area contributed by atoms with E-state index in [9.17, 15) is 9.00 Å². The van der Waals surface area contributed by atoms with Gasteiger partial charge in [0.2, 0.25) is 5.12 Å². The minimum atomic E-state index is -1.51. The average Bonchev–Trinajstić information content (AvgIpc) is 2.49. The van der Waals surface area contributed by atoms with Crippen LogP contribution in [0.15, 0.2) is 42.5 Å². The number of carbonyl (C=O) groups excluding carboxylic acids is 1. The molecule has 2 aromatic rings. The van der Waals surface area contributed by atoms with Crippen molar-refractivity contribution in [2.75, 3.05) is 5.32 Å². The summed E-state index contributed by atoms with van der Waals surface area (Å²) >= 11 is 11.9. The Kier molecular flexibility index (Phi) is 6.00. The summed E-state index contributed by atoms with van der Waals surface area (Å²) in [5.41, 5.74) is 2.68. The van der Waals surface area contributed by atoms with Crippen LogP contribution in [0.4, 0.5) is 5.69 Å². The Labute approximate surface area is 142 Å². The predicted molar refractivity (Wildman–Crippen MR) is 92.8 cm³/mol. The van der Waals surface area contributed by atoms with Gasteiger partial charge in [-0.25, -0.2) is 0 Å². The molecule has 0 heterocycles. The molecule has 1 atom stereocenters. The Morgan fingerprint density at radius 3 is 2.55 bits per heavy atom. The van der Waals surface area contributed by atoms with Crippen molar-refractivity contribution in [2.45, 2.75) is 19.2 Å². The minimum absolute atomic E-state index is 0.208. The van der Waals surface area contributed by atoms with Crippen molar-refractivity contribution in [3.63, 3.8) is 0 Å². The van der Waals surface area contributed by atoms with E-state index in [1.807, 2.05) is 30.3 Å². The SMILES string of the molecule is CC(=O)S(=O)Cc1ccccc1NCc1ccc(Cl)c(Cl)c1. The average molecular weight is 356 g/mol. The van der Waals surface area contributed by atoms with Gasteiger partial charge >= 0.3 is 0 Å². The first-order valence-electron chi connectivity index (χ1n) is 6.62. The quantitative estimate of drug-likeness (QED) is 0.864. The molecule has 0 radical (unpaired) electrons. The molecule has 0 bridgehead atoms. The zero-order chi connectivity index (χ0) is 16.1. The summed E-state index contributed by atoms with van der Waals surface area (Å²) in [7, 11) is -1.51. The lowest BCUT2D eigenvalue weighted by atomic mass is 10.2. The van der Waals surface area contributed by atoms with Crippen molar-refractivity contribution < 1.29 is 9.00 Å². The minimum Gasteiger partial charge on any atom is -0.381 e. The van der Waals surface area contributed by atoms with Crippen LogP contribution in [0.25, 0.3) is 0 Å². The molecule has 2 rings (SSSR count). The molecule has 116 valence electrons. The Morgan fingerprint density at radius 2 is 1.86 bits per heavy atom. The fourth-order valence-corrected chi connectivity index (χ4v) is 2.97. The molecule has 1 unspecified atom stereocenters. The number of anilines is 1. The van der Waals surface area contributed by atoms with E-state index in [1.54, 1.807) is 12.1 Å². The van der Waals surface area contributed by atoms with Crippen molar-refractivity contribution in [2.24, 2.45) is 0 Å². The molecule has 22 heavy (non-hydrogen) atoms. The van der Waals surface area contributed by atoms with E-state index in [0.29, 0.717) is 16.6 Å². The van der Waals surface area contributed by atoms with Crippen LogP contribution in [0, 0.1) is 0 Å². The van der Waals surface area contributed by atoms with Gasteiger partial charge in [-0.2, -0.15) is 0 Å². The van der Waals surface area contributed by atoms with Gasteiger partial charge < -0.3 is 5.32 Å². The highest BCUT2D eigenvalue weighted by atomic mass is 35.5. The van der Waals surface area contributed by atoms with Crippen LogP contribution < -0.4 is 5.32 Å². The van der Waals surface area contributed by atoms with Crippen LogP contribution in [0.2, 0.25) is 10.0 Å². The summed E-state index contributed by atoms with van der Waals surface area (Å²) in [6.07, 6.45) is 0. The van der Waals surface area contributed by atoms with Crippen molar-refractivity contribution in [3.05, 3.63) is 63.6 Å². The van der Waals surface area contributed by atoms with Crippen LogP contribution in [0.3, 0.4) is 0 Å². The maximum Gasteiger partial charge on any atom is 0.216 e. The molecule has 0 aromatic heterocycles. The fraction of sp³-hybridized carbons (Fsp3) is 0.188. The summed E-state index contributed by atoms with van der Waals surface area (Å²) in [6, 6.07) is 12.9. The first kappa shape index (κ1) is 17.0. The van der Waals surface area contributed by atoms with Gasteiger partial charge in [-0.15, -0.1) is 0 Å². The van der Waals surface area contributed by atoms with Gasteiger partial charge in [0.15, 0.2) is 0 Å². The third-order valence-electron chi connectivity index (χ3n) is 3.09. The Hall–Kier alpha value is -1.36. The van der Waals surface area contributed by atoms with Gasteiger partial charge in [-0.3, -0.25) is 9.00 Å². The number of carbonyl (C=O) groups is 1. The first-order valence-corrected chi connectivity index (χ1v) is 8.69. The molecular formula is C16H15Cl2NO2S. The van der Waals surface area contributed by atoms with E-state index in [4.69, 9.17) is 23.2 Å². The van der Waals surface area contributed by atoms with Crippen LogP contribution in [0.5, 0.6) is 0 Å². The van der Waals surface area contributed by atoms with Gasteiger partial charge in [0.25, 0.3) is 0 Å². The largest absolute Gasteiger partial charge is 0.381 e. The van der Waals surface area contributed by atoms with Crippen molar-refractivity contribution in [3.8, 4) is 0 Å². The predicted octanol–water partition coefficient (Wildman–Crippen LogP) is 4.40. The molecule has 0 saturated carbocycles. The van der Waals surface area contributed by atoms with Gasteiger partial charge in [0.05, 0.1) is 26.6 Å².